The highest BCUT2D eigenvalue weighted by Gasteiger charge is 2.28. The van der Waals surface area contributed by atoms with Crippen LogP contribution in [0.4, 0.5) is 4.39 Å². The number of fused-ring (bicyclic) bond motifs is 2. The van der Waals surface area contributed by atoms with Crippen LogP contribution in [0.25, 0.3) is 22.7 Å². The van der Waals surface area contributed by atoms with Crippen molar-refractivity contribution >= 4 is 40.9 Å². The summed E-state index contributed by atoms with van der Waals surface area (Å²) in [5.74, 6) is -0.352. The third-order valence-electron chi connectivity index (χ3n) is 4.04. The molecule has 0 fully saturated rings. The summed E-state index contributed by atoms with van der Waals surface area (Å²) >= 11 is 5.21. The van der Waals surface area contributed by atoms with E-state index >= 15 is 0 Å². The van der Waals surface area contributed by atoms with Gasteiger partial charge in [0.25, 0.3) is 0 Å². The molecule has 126 valence electrons. The molecule has 0 radical (unpaired) electrons. The normalized spacial score (nSPS) is 14.8. The minimum atomic E-state index is -0.480. The van der Waals surface area contributed by atoms with Crippen molar-refractivity contribution in [1.82, 2.24) is 9.97 Å². The van der Waals surface area contributed by atoms with Gasteiger partial charge in [-0.15, -0.1) is 0 Å². The van der Waals surface area contributed by atoms with Crippen molar-refractivity contribution in [2.75, 3.05) is 7.11 Å². The average molecular weight is 356 g/mol. The van der Waals surface area contributed by atoms with Crippen LogP contribution in [0.2, 0.25) is 0 Å². The van der Waals surface area contributed by atoms with Crippen molar-refractivity contribution in [3.8, 4) is 5.75 Å². The standard InChI is InChI=1S/C18H13FN2O3S/c1-8-3-11-14(24-18(22)16(11)17(25)20-8)6-10-4-9-5-12(19)15(23-2)7-13(9)21-10/h3-7,21H,1-2H3,(H,20,25)/b14-6-. The average Bonchev–Trinajstić information content (AvgIpc) is 3.07. The van der Waals surface area contributed by atoms with Gasteiger partial charge in [0.05, 0.1) is 7.11 Å². The Balaban J connectivity index is 1.84. The summed E-state index contributed by atoms with van der Waals surface area (Å²) in [6.07, 6.45) is 1.70. The summed E-state index contributed by atoms with van der Waals surface area (Å²) in [5, 5.41) is 0.691. The number of esters is 1. The fourth-order valence-corrected chi connectivity index (χ4v) is 3.28. The van der Waals surface area contributed by atoms with Gasteiger partial charge in [-0.3, -0.25) is 0 Å². The van der Waals surface area contributed by atoms with Crippen LogP contribution in [-0.2, 0) is 4.74 Å². The van der Waals surface area contributed by atoms with E-state index in [1.54, 1.807) is 18.2 Å². The number of carbonyl (C=O) groups is 1. The molecule has 4 rings (SSSR count). The zero-order chi connectivity index (χ0) is 17.7. The molecule has 0 saturated carbocycles. The summed E-state index contributed by atoms with van der Waals surface area (Å²) in [6.45, 7) is 1.86. The van der Waals surface area contributed by atoms with E-state index in [9.17, 15) is 9.18 Å². The van der Waals surface area contributed by atoms with Crippen LogP contribution in [0.3, 0.4) is 0 Å². The molecule has 1 aliphatic heterocycles. The van der Waals surface area contributed by atoms with Gasteiger partial charge in [0.15, 0.2) is 11.6 Å². The maximum absolute atomic E-state index is 13.8. The highest BCUT2D eigenvalue weighted by molar-refractivity contribution is 7.71. The van der Waals surface area contributed by atoms with E-state index in [4.69, 9.17) is 21.7 Å². The van der Waals surface area contributed by atoms with Gasteiger partial charge in [-0.25, -0.2) is 9.18 Å². The number of aryl methyl sites for hydroxylation is 1. The number of cyclic esters (lactones) is 1. The molecule has 5 nitrogen and oxygen atoms in total. The zero-order valence-electron chi connectivity index (χ0n) is 13.4. The van der Waals surface area contributed by atoms with E-state index in [2.05, 4.69) is 9.97 Å². The number of H-pyrrole nitrogens is 2. The van der Waals surface area contributed by atoms with Gasteiger partial charge in [0.1, 0.15) is 16.0 Å². The largest absolute Gasteiger partial charge is 0.494 e. The van der Waals surface area contributed by atoms with E-state index in [-0.39, 0.29) is 5.75 Å². The Bertz CT molecular complexity index is 1130. The van der Waals surface area contributed by atoms with E-state index in [1.165, 1.54) is 13.2 Å². The molecular weight excluding hydrogens is 343 g/mol. The lowest BCUT2D eigenvalue weighted by Gasteiger charge is -2.00. The number of hydrogen-bond acceptors (Lipinski definition) is 4. The predicted molar refractivity (Wildman–Crippen MR) is 94.5 cm³/mol. The van der Waals surface area contributed by atoms with E-state index in [0.29, 0.717) is 32.6 Å². The minimum Gasteiger partial charge on any atom is -0.494 e. The molecule has 1 aliphatic rings. The first kappa shape index (κ1) is 15.6. The molecule has 0 spiro atoms. The molecule has 2 aromatic heterocycles. The number of carbonyl (C=O) groups excluding carboxylic acids is 1. The highest BCUT2D eigenvalue weighted by atomic mass is 32.1. The summed E-state index contributed by atoms with van der Waals surface area (Å²) < 4.78 is 24.5. The van der Waals surface area contributed by atoms with Crippen molar-refractivity contribution in [3.63, 3.8) is 0 Å². The Kier molecular flexibility index (Phi) is 3.47. The number of methoxy groups -OCH3 is 1. The molecule has 3 heterocycles. The Morgan fingerprint density at radius 2 is 2.04 bits per heavy atom. The first-order valence-corrected chi connectivity index (χ1v) is 7.91. The molecular formula is C18H13FN2O3S. The van der Waals surface area contributed by atoms with Gasteiger partial charge in [-0.05, 0) is 25.1 Å². The maximum atomic E-state index is 13.8. The lowest BCUT2D eigenvalue weighted by atomic mass is 10.1. The highest BCUT2D eigenvalue weighted by Crippen LogP contribution is 2.33. The van der Waals surface area contributed by atoms with Gasteiger partial charge in [-0.1, -0.05) is 12.2 Å². The van der Waals surface area contributed by atoms with Gasteiger partial charge in [-0.2, -0.15) is 0 Å². The second-order valence-electron chi connectivity index (χ2n) is 5.77. The number of aromatic nitrogens is 2. The molecule has 0 amide bonds. The van der Waals surface area contributed by atoms with Crippen molar-refractivity contribution in [1.29, 1.82) is 0 Å². The van der Waals surface area contributed by atoms with Crippen molar-refractivity contribution in [2.24, 2.45) is 0 Å². The third-order valence-corrected chi connectivity index (χ3v) is 4.35. The van der Waals surface area contributed by atoms with Crippen LogP contribution >= 0.6 is 12.2 Å². The zero-order valence-corrected chi connectivity index (χ0v) is 14.2. The van der Waals surface area contributed by atoms with Crippen LogP contribution < -0.4 is 4.74 Å². The Labute approximate surface area is 147 Å². The fraction of sp³-hybridized carbons (Fsp3) is 0.111. The number of ether oxygens (including phenoxy) is 2. The number of aromatic amines is 2. The molecule has 25 heavy (non-hydrogen) atoms. The minimum absolute atomic E-state index is 0.160. The Morgan fingerprint density at radius 1 is 1.24 bits per heavy atom. The van der Waals surface area contributed by atoms with Crippen molar-refractivity contribution in [3.05, 3.63) is 57.2 Å². The Hall–Kier alpha value is -2.93. The van der Waals surface area contributed by atoms with Crippen LogP contribution in [0.5, 0.6) is 5.75 Å². The van der Waals surface area contributed by atoms with Crippen molar-refractivity contribution < 1.29 is 18.7 Å². The third kappa shape index (κ3) is 2.53. The molecule has 7 heteroatoms. The van der Waals surface area contributed by atoms with Crippen LogP contribution in [0, 0.1) is 17.4 Å². The number of halogens is 1. The van der Waals surface area contributed by atoms with Gasteiger partial charge in [0, 0.05) is 40.0 Å². The van der Waals surface area contributed by atoms with Crippen LogP contribution in [0.15, 0.2) is 24.3 Å². The van der Waals surface area contributed by atoms with Gasteiger partial charge in [0.2, 0.25) is 0 Å². The lowest BCUT2D eigenvalue weighted by molar-refractivity contribution is 0.0716. The lowest BCUT2D eigenvalue weighted by Crippen LogP contribution is -1.97. The molecule has 0 unspecified atom stereocenters. The van der Waals surface area contributed by atoms with E-state index < -0.39 is 11.8 Å². The number of nitrogens with one attached hydrogen (secondary N) is 2. The van der Waals surface area contributed by atoms with Crippen LogP contribution in [0.1, 0.15) is 27.3 Å². The number of rotatable bonds is 2. The smallest absolute Gasteiger partial charge is 0.347 e. The summed E-state index contributed by atoms with van der Waals surface area (Å²) in [7, 11) is 1.41. The fourth-order valence-electron chi connectivity index (χ4n) is 2.93. The number of benzene rings is 1. The SMILES string of the molecule is COc1cc2[nH]c(/C=C3\OC(=O)c4c3cc(C)[nH]c4=S)cc2cc1F. The summed E-state index contributed by atoms with van der Waals surface area (Å²) in [5.41, 5.74) is 3.23. The number of pyridine rings is 1. The Morgan fingerprint density at radius 3 is 2.80 bits per heavy atom. The first-order valence-electron chi connectivity index (χ1n) is 7.50. The predicted octanol–water partition coefficient (Wildman–Crippen LogP) is 4.35. The van der Waals surface area contributed by atoms with E-state index in [1.807, 2.05) is 13.0 Å². The quantitative estimate of drug-likeness (QED) is 0.529. The first-order chi connectivity index (χ1) is 12.0. The van der Waals surface area contributed by atoms with Crippen molar-refractivity contribution in [2.45, 2.75) is 6.92 Å². The summed E-state index contributed by atoms with van der Waals surface area (Å²) in [4.78, 5) is 18.2. The molecule has 2 N–H and O–H groups in total. The van der Waals surface area contributed by atoms with Gasteiger partial charge >= 0.3 is 5.97 Å². The molecule has 0 atom stereocenters. The topological polar surface area (TPSA) is 67.1 Å². The summed E-state index contributed by atoms with van der Waals surface area (Å²) in [6, 6.07) is 6.56. The van der Waals surface area contributed by atoms with Crippen LogP contribution in [-0.4, -0.2) is 23.0 Å². The number of hydrogen-bond donors (Lipinski definition) is 2. The second-order valence-corrected chi connectivity index (χ2v) is 6.18. The van der Waals surface area contributed by atoms with E-state index in [0.717, 1.165) is 11.2 Å². The monoisotopic (exact) mass is 356 g/mol. The molecule has 0 aliphatic carbocycles. The molecule has 1 aromatic carbocycles. The molecule has 0 bridgehead atoms. The molecule has 0 saturated heterocycles. The maximum Gasteiger partial charge on any atom is 0.347 e. The van der Waals surface area contributed by atoms with Gasteiger partial charge < -0.3 is 19.4 Å². The molecule has 3 aromatic rings. The second kappa shape index (κ2) is 5.56.